The topological polar surface area (TPSA) is 32.3 Å². The molecule has 0 spiro atoms. The average molecular weight is 252 g/mol. The predicted octanol–water partition coefficient (Wildman–Crippen LogP) is 2.56. The lowest BCUT2D eigenvalue weighted by Crippen LogP contribution is -2.52. The van der Waals surface area contributed by atoms with Gasteiger partial charge in [-0.3, -0.25) is 4.79 Å². The van der Waals surface area contributed by atoms with Crippen LogP contribution < -0.4 is 5.32 Å². The van der Waals surface area contributed by atoms with Crippen LogP contribution in [0.5, 0.6) is 0 Å². The monoisotopic (exact) mass is 252 g/mol. The number of carbonyl (C=O) groups is 1. The molecule has 3 heteroatoms. The zero-order valence-corrected chi connectivity index (χ0v) is 12.0. The first-order chi connectivity index (χ1) is 8.72. The fraction of sp³-hybridized carbons (Fsp3) is 0.933. The fourth-order valence-electron chi connectivity index (χ4n) is 3.44. The molecule has 1 heterocycles. The van der Waals surface area contributed by atoms with Gasteiger partial charge in [0.25, 0.3) is 0 Å². The Hall–Kier alpha value is -0.570. The smallest absolute Gasteiger partial charge is 0.236 e. The van der Waals surface area contributed by atoms with Crippen LogP contribution in [0.3, 0.4) is 0 Å². The number of hydrogen-bond acceptors (Lipinski definition) is 2. The lowest BCUT2D eigenvalue weighted by Gasteiger charge is -2.44. The van der Waals surface area contributed by atoms with E-state index in [0.29, 0.717) is 24.5 Å². The van der Waals surface area contributed by atoms with E-state index < -0.39 is 0 Å². The molecule has 2 rings (SSSR count). The van der Waals surface area contributed by atoms with E-state index in [1.807, 2.05) is 0 Å². The lowest BCUT2D eigenvalue weighted by atomic mass is 9.78. The summed E-state index contributed by atoms with van der Waals surface area (Å²) in [5.41, 5.74) is 0. The molecule has 1 unspecified atom stereocenters. The molecule has 1 aliphatic carbocycles. The molecule has 1 saturated carbocycles. The van der Waals surface area contributed by atoms with Crippen LogP contribution in [-0.4, -0.2) is 36.0 Å². The Morgan fingerprint density at radius 2 is 2.00 bits per heavy atom. The number of nitrogens with zero attached hydrogens (tertiary/aromatic N) is 1. The molecule has 2 fully saturated rings. The summed E-state index contributed by atoms with van der Waals surface area (Å²) in [5.74, 6) is 1.12. The number of amides is 1. The molecule has 104 valence electrons. The number of fused-ring (bicyclic) bond motifs is 1. The second-order valence-electron chi connectivity index (χ2n) is 6.03. The van der Waals surface area contributed by atoms with Crippen LogP contribution in [0.1, 0.15) is 58.8 Å². The number of piperidine rings is 1. The van der Waals surface area contributed by atoms with Gasteiger partial charge in [0.15, 0.2) is 0 Å². The highest BCUT2D eigenvalue weighted by Gasteiger charge is 2.35. The minimum Gasteiger partial charge on any atom is -0.338 e. The van der Waals surface area contributed by atoms with Gasteiger partial charge in [-0.15, -0.1) is 0 Å². The minimum atomic E-state index is 0.326. The largest absolute Gasteiger partial charge is 0.338 e. The summed E-state index contributed by atoms with van der Waals surface area (Å²) in [5, 5.41) is 3.33. The maximum atomic E-state index is 12.3. The van der Waals surface area contributed by atoms with Crippen LogP contribution in [-0.2, 0) is 4.79 Å². The molecule has 3 nitrogen and oxygen atoms in total. The number of rotatable bonds is 4. The normalized spacial score (nSPS) is 29.8. The van der Waals surface area contributed by atoms with E-state index in [1.54, 1.807) is 0 Å². The Balaban J connectivity index is 1.87. The van der Waals surface area contributed by atoms with Crippen molar-refractivity contribution >= 4 is 5.91 Å². The highest BCUT2D eigenvalue weighted by molar-refractivity contribution is 5.78. The molecule has 1 saturated heterocycles. The SMILES string of the molecule is CCC(C)NCC(=O)N1CCC[C@H]2CCCC[C@H]21. The highest BCUT2D eigenvalue weighted by atomic mass is 16.2. The predicted molar refractivity (Wildman–Crippen MR) is 74.4 cm³/mol. The zero-order valence-electron chi connectivity index (χ0n) is 12.0. The second-order valence-corrected chi connectivity index (χ2v) is 6.03. The summed E-state index contributed by atoms with van der Waals surface area (Å²) in [6, 6.07) is 1.000. The summed E-state index contributed by atoms with van der Waals surface area (Å²) in [6.45, 7) is 5.81. The molecular weight excluding hydrogens is 224 g/mol. The summed E-state index contributed by atoms with van der Waals surface area (Å²) < 4.78 is 0. The van der Waals surface area contributed by atoms with Crippen LogP contribution >= 0.6 is 0 Å². The summed E-state index contributed by atoms with van der Waals surface area (Å²) >= 11 is 0. The third-order valence-corrected chi connectivity index (χ3v) is 4.78. The van der Waals surface area contributed by atoms with E-state index >= 15 is 0 Å². The Kier molecular flexibility index (Phi) is 5.04. The maximum absolute atomic E-state index is 12.3. The minimum absolute atomic E-state index is 0.326. The molecule has 1 amide bonds. The van der Waals surface area contributed by atoms with Crippen molar-refractivity contribution in [2.24, 2.45) is 5.92 Å². The van der Waals surface area contributed by atoms with Gasteiger partial charge in [-0.05, 0) is 44.9 Å². The standard InChI is InChI=1S/C15H28N2O/c1-3-12(2)16-11-15(18)17-10-6-8-13-7-4-5-9-14(13)17/h12-14,16H,3-11H2,1-2H3/t12?,13-,14-/m1/s1. The first kappa shape index (κ1) is 13.9. The maximum Gasteiger partial charge on any atom is 0.236 e. The van der Waals surface area contributed by atoms with Crippen LogP contribution in [0.4, 0.5) is 0 Å². The van der Waals surface area contributed by atoms with Crippen molar-refractivity contribution in [2.45, 2.75) is 70.9 Å². The van der Waals surface area contributed by atoms with Gasteiger partial charge in [0, 0.05) is 18.6 Å². The van der Waals surface area contributed by atoms with E-state index in [-0.39, 0.29) is 0 Å². The first-order valence-electron chi connectivity index (χ1n) is 7.75. The van der Waals surface area contributed by atoms with Crippen LogP contribution in [0, 0.1) is 5.92 Å². The van der Waals surface area contributed by atoms with Crippen molar-refractivity contribution in [3.8, 4) is 0 Å². The van der Waals surface area contributed by atoms with Gasteiger partial charge in [-0.25, -0.2) is 0 Å². The number of carbonyl (C=O) groups excluding carboxylic acids is 1. The van der Waals surface area contributed by atoms with E-state index in [1.165, 1.54) is 38.5 Å². The average Bonchev–Trinajstić information content (AvgIpc) is 2.43. The van der Waals surface area contributed by atoms with Gasteiger partial charge in [0.1, 0.15) is 0 Å². The van der Waals surface area contributed by atoms with E-state index in [4.69, 9.17) is 0 Å². The van der Waals surface area contributed by atoms with Crippen molar-refractivity contribution < 1.29 is 4.79 Å². The first-order valence-corrected chi connectivity index (χ1v) is 7.75. The van der Waals surface area contributed by atoms with Crippen LogP contribution in [0.15, 0.2) is 0 Å². The van der Waals surface area contributed by atoms with Crippen LogP contribution in [0.2, 0.25) is 0 Å². The zero-order chi connectivity index (χ0) is 13.0. The Morgan fingerprint density at radius 3 is 2.78 bits per heavy atom. The molecule has 1 aliphatic heterocycles. The lowest BCUT2D eigenvalue weighted by molar-refractivity contribution is -0.136. The fourth-order valence-corrected chi connectivity index (χ4v) is 3.44. The molecule has 0 radical (unpaired) electrons. The van der Waals surface area contributed by atoms with E-state index in [2.05, 4.69) is 24.1 Å². The van der Waals surface area contributed by atoms with Crippen molar-refractivity contribution in [3.05, 3.63) is 0 Å². The third kappa shape index (κ3) is 3.25. The summed E-state index contributed by atoms with van der Waals surface area (Å²) in [6.07, 6.45) is 8.88. The molecular formula is C15H28N2O. The number of nitrogens with one attached hydrogen (secondary N) is 1. The summed E-state index contributed by atoms with van der Waals surface area (Å²) in [7, 11) is 0. The summed E-state index contributed by atoms with van der Waals surface area (Å²) in [4.78, 5) is 14.5. The molecule has 1 N–H and O–H groups in total. The molecule has 0 aromatic heterocycles. The quantitative estimate of drug-likeness (QED) is 0.834. The highest BCUT2D eigenvalue weighted by Crippen LogP contribution is 2.35. The number of likely N-dealkylation sites (tertiary alicyclic amines) is 1. The van der Waals surface area contributed by atoms with Crippen LogP contribution in [0.25, 0.3) is 0 Å². The Morgan fingerprint density at radius 1 is 1.28 bits per heavy atom. The van der Waals surface area contributed by atoms with Gasteiger partial charge < -0.3 is 10.2 Å². The van der Waals surface area contributed by atoms with E-state index in [0.717, 1.165) is 18.9 Å². The third-order valence-electron chi connectivity index (χ3n) is 4.78. The second kappa shape index (κ2) is 6.55. The number of hydrogen-bond donors (Lipinski definition) is 1. The Bertz CT molecular complexity index is 278. The van der Waals surface area contributed by atoms with Crippen molar-refractivity contribution in [2.75, 3.05) is 13.1 Å². The van der Waals surface area contributed by atoms with Gasteiger partial charge in [0.05, 0.1) is 6.54 Å². The molecule has 0 bridgehead atoms. The molecule has 18 heavy (non-hydrogen) atoms. The molecule has 2 aliphatic rings. The van der Waals surface area contributed by atoms with Crippen molar-refractivity contribution in [1.82, 2.24) is 10.2 Å². The Labute approximate surface area is 111 Å². The molecule has 0 aromatic rings. The van der Waals surface area contributed by atoms with Crippen molar-refractivity contribution in [1.29, 1.82) is 0 Å². The molecule has 0 aromatic carbocycles. The van der Waals surface area contributed by atoms with Crippen molar-refractivity contribution in [3.63, 3.8) is 0 Å². The van der Waals surface area contributed by atoms with Gasteiger partial charge in [-0.2, -0.15) is 0 Å². The van der Waals surface area contributed by atoms with E-state index in [9.17, 15) is 4.79 Å². The molecule has 3 atom stereocenters. The van der Waals surface area contributed by atoms with Gasteiger partial charge in [-0.1, -0.05) is 19.8 Å². The van der Waals surface area contributed by atoms with Gasteiger partial charge in [0.2, 0.25) is 5.91 Å². The van der Waals surface area contributed by atoms with Gasteiger partial charge >= 0.3 is 0 Å².